The third kappa shape index (κ3) is 2.83. The lowest BCUT2D eigenvalue weighted by Crippen LogP contribution is -2.20. The van der Waals surface area contributed by atoms with Gasteiger partial charge in [0.25, 0.3) is 0 Å². The van der Waals surface area contributed by atoms with Crippen LogP contribution in [0, 0.1) is 13.8 Å². The second-order valence-corrected chi connectivity index (χ2v) is 4.24. The van der Waals surface area contributed by atoms with E-state index in [-0.39, 0.29) is 11.8 Å². The summed E-state index contributed by atoms with van der Waals surface area (Å²) < 4.78 is 5.21. The van der Waals surface area contributed by atoms with Crippen molar-refractivity contribution >= 4 is 5.78 Å². The van der Waals surface area contributed by atoms with Crippen molar-refractivity contribution in [2.45, 2.75) is 33.2 Å². The number of ether oxygens (including phenoxy) is 1. The third-order valence-electron chi connectivity index (χ3n) is 2.55. The Hall–Kier alpha value is -1.35. The van der Waals surface area contributed by atoms with E-state index in [0.29, 0.717) is 6.42 Å². The molecule has 1 aromatic carbocycles. The maximum absolute atomic E-state index is 11.9. The summed E-state index contributed by atoms with van der Waals surface area (Å²) in [5.41, 5.74) is 8.29. The topological polar surface area (TPSA) is 52.3 Å². The second-order valence-electron chi connectivity index (χ2n) is 4.24. The molecule has 0 bridgehead atoms. The fraction of sp³-hybridized carbons (Fsp3) is 0.462. The fourth-order valence-electron chi connectivity index (χ4n) is 1.71. The van der Waals surface area contributed by atoms with Gasteiger partial charge >= 0.3 is 0 Å². The summed E-state index contributed by atoms with van der Waals surface area (Å²) in [5, 5.41) is 0. The van der Waals surface area contributed by atoms with Gasteiger partial charge in [-0.1, -0.05) is 0 Å². The maximum Gasteiger partial charge on any atom is 0.164 e. The lowest BCUT2D eigenvalue weighted by atomic mass is 9.98. The number of hydrogen-bond donors (Lipinski definition) is 1. The summed E-state index contributed by atoms with van der Waals surface area (Å²) in [6.45, 7) is 5.68. The van der Waals surface area contributed by atoms with E-state index in [0.717, 1.165) is 22.4 Å². The molecule has 0 saturated carbocycles. The first-order valence-corrected chi connectivity index (χ1v) is 5.39. The molecule has 1 rings (SSSR count). The Morgan fingerprint density at radius 3 is 2.50 bits per heavy atom. The Morgan fingerprint density at radius 1 is 1.38 bits per heavy atom. The van der Waals surface area contributed by atoms with E-state index in [4.69, 9.17) is 10.5 Å². The molecular formula is C13H19NO2. The number of nitrogens with two attached hydrogens (primary N) is 1. The third-order valence-corrected chi connectivity index (χ3v) is 2.55. The standard InChI is InChI=1S/C13H19NO2/c1-8-6-13(16-4)9(2)5-11(8)12(15)7-10(3)14/h5-6,10H,7,14H2,1-4H3. The van der Waals surface area contributed by atoms with Gasteiger partial charge in [0.1, 0.15) is 5.75 Å². The van der Waals surface area contributed by atoms with Gasteiger partial charge in [0.2, 0.25) is 0 Å². The van der Waals surface area contributed by atoms with Crippen LogP contribution in [-0.4, -0.2) is 18.9 Å². The number of benzene rings is 1. The van der Waals surface area contributed by atoms with Crippen LogP contribution in [0.25, 0.3) is 0 Å². The molecule has 0 spiro atoms. The minimum absolute atomic E-state index is 0.0956. The number of hydrogen-bond acceptors (Lipinski definition) is 3. The van der Waals surface area contributed by atoms with Gasteiger partial charge < -0.3 is 10.5 Å². The zero-order valence-corrected chi connectivity index (χ0v) is 10.3. The first-order chi connectivity index (χ1) is 7.45. The summed E-state index contributed by atoms with van der Waals surface area (Å²) in [5.74, 6) is 0.910. The molecule has 0 amide bonds. The number of aryl methyl sites for hydroxylation is 2. The average Bonchev–Trinajstić information content (AvgIpc) is 2.19. The molecule has 0 radical (unpaired) electrons. The van der Waals surface area contributed by atoms with E-state index in [1.54, 1.807) is 7.11 Å². The van der Waals surface area contributed by atoms with Gasteiger partial charge in [0.05, 0.1) is 7.11 Å². The van der Waals surface area contributed by atoms with E-state index in [1.165, 1.54) is 0 Å². The molecule has 0 saturated heterocycles. The van der Waals surface area contributed by atoms with Gasteiger partial charge in [-0.3, -0.25) is 4.79 Å². The zero-order valence-electron chi connectivity index (χ0n) is 10.3. The van der Waals surface area contributed by atoms with E-state index in [2.05, 4.69) is 0 Å². The van der Waals surface area contributed by atoms with E-state index >= 15 is 0 Å². The SMILES string of the molecule is COc1cc(C)c(C(=O)CC(C)N)cc1C. The van der Waals surface area contributed by atoms with Crippen LogP contribution < -0.4 is 10.5 Å². The predicted octanol–water partition coefficient (Wildman–Crippen LogP) is 2.23. The Labute approximate surface area is 96.6 Å². The largest absolute Gasteiger partial charge is 0.496 e. The average molecular weight is 221 g/mol. The number of methoxy groups -OCH3 is 1. The van der Waals surface area contributed by atoms with Crippen molar-refractivity contribution in [3.63, 3.8) is 0 Å². The number of carbonyl (C=O) groups excluding carboxylic acids is 1. The number of ketones is 1. The van der Waals surface area contributed by atoms with Crippen LogP contribution in [0.3, 0.4) is 0 Å². The summed E-state index contributed by atoms with van der Waals surface area (Å²) >= 11 is 0. The quantitative estimate of drug-likeness (QED) is 0.793. The highest BCUT2D eigenvalue weighted by molar-refractivity contribution is 5.98. The Balaban J connectivity index is 3.06. The highest BCUT2D eigenvalue weighted by Gasteiger charge is 2.13. The molecule has 1 atom stereocenters. The fourth-order valence-corrected chi connectivity index (χ4v) is 1.71. The molecule has 0 aliphatic carbocycles. The summed E-state index contributed by atoms with van der Waals surface area (Å²) in [6, 6.07) is 3.66. The first-order valence-electron chi connectivity index (χ1n) is 5.39. The van der Waals surface area contributed by atoms with Crippen LogP contribution in [-0.2, 0) is 0 Å². The first kappa shape index (κ1) is 12.7. The van der Waals surface area contributed by atoms with E-state index < -0.39 is 0 Å². The van der Waals surface area contributed by atoms with Crippen molar-refractivity contribution in [3.8, 4) is 5.75 Å². The lowest BCUT2D eigenvalue weighted by molar-refractivity contribution is 0.0976. The molecule has 1 aromatic rings. The van der Waals surface area contributed by atoms with Crippen molar-refractivity contribution in [2.24, 2.45) is 5.73 Å². The Morgan fingerprint density at radius 2 is 2.00 bits per heavy atom. The molecular weight excluding hydrogens is 202 g/mol. The van der Waals surface area contributed by atoms with Crippen molar-refractivity contribution in [1.82, 2.24) is 0 Å². The smallest absolute Gasteiger partial charge is 0.164 e. The highest BCUT2D eigenvalue weighted by Crippen LogP contribution is 2.23. The highest BCUT2D eigenvalue weighted by atomic mass is 16.5. The van der Waals surface area contributed by atoms with Gasteiger partial charge in [-0.15, -0.1) is 0 Å². The van der Waals surface area contributed by atoms with Crippen LogP contribution in [0.2, 0.25) is 0 Å². The number of rotatable bonds is 4. The van der Waals surface area contributed by atoms with E-state index in [9.17, 15) is 4.79 Å². The van der Waals surface area contributed by atoms with Crippen LogP contribution in [0.5, 0.6) is 5.75 Å². The molecule has 3 heteroatoms. The van der Waals surface area contributed by atoms with Gasteiger partial charge in [0, 0.05) is 18.0 Å². The predicted molar refractivity (Wildman–Crippen MR) is 65.1 cm³/mol. The van der Waals surface area contributed by atoms with Crippen molar-refractivity contribution in [2.75, 3.05) is 7.11 Å². The normalized spacial score (nSPS) is 12.3. The zero-order chi connectivity index (χ0) is 12.3. The molecule has 88 valence electrons. The van der Waals surface area contributed by atoms with E-state index in [1.807, 2.05) is 32.9 Å². The molecule has 16 heavy (non-hydrogen) atoms. The van der Waals surface area contributed by atoms with Gasteiger partial charge in [-0.2, -0.15) is 0 Å². The maximum atomic E-state index is 11.9. The van der Waals surface area contributed by atoms with Gasteiger partial charge in [0.15, 0.2) is 5.78 Å². The molecule has 0 aliphatic heterocycles. The van der Waals surface area contributed by atoms with Gasteiger partial charge in [-0.05, 0) is 44.0 Å². The summed E-state index contributed by atoms with van der Waals surface area (Å²) in [7, 11) is 1.63. The Bertz CT molecular complexity index is 397. The van der Waals surface area contributed by atoms with Crippen molar-refractivity contribution in [1.29, 1.82) is 0 Å². The minimum atomic E-state index is -0.102. The molecule has 0 aliphatic rings. The molecule has 3 nitrogen and oxygen atoms in total. The lowest BCUT2D eigenvalue weighted by Gasteiger charge is -2.11. The number of carbonyl (C=O) groups is 1. The Kier molecular flexibility index (Phi) is 4.07. The minimum Gasteiger partial charge on any atom is -0.496 e. The number of Topliss-reactive ketones (excluding diaryl/α,β-unsaturated/α-hetero) is 1. The second kappa shape index (κ2) is 5.12. The monoisotopic (exact) mass is 221 g/mol. The molecule has 0 heterocycles. The molecule has 0 aromatic heterocycles. The van der Waals surface area contributed by atoms with Gasteiger partial charge in [-0.25, -0.2) is 0 Å². The summed E-state index contributed by atoms with van der Waals surface area (Å²) in [6.07, 6.45) is 0.382. The van der Waals surface area contributed by atoms with Crippen LogP contribution in [0.1, 0.15) is 34.8 Å². The van der Waals surface area contributed by atoms with Crippen molar-refractivity contribution in [3.05, 3.63) is 28.8 Å². The molecule has 1 unspecified atom stereocenters. The van der Waals surface area contributed by atoms with Crippen LogP contribution in [0.4, 0.5) is 0 Å². The van der Waals surface area contributed by atoms with Crippen molar-refractivity contribution < 1.29 is 9.53 Å². The molecule has 0 fully saturated rings. The summed E-state index contributed by atoms with van der Waals surface area (Å²) in [4.78, 5) is 11.9. The van der Waals surface area contributed by atoms with Crippen LogP contribution in [0.15, 0.2) is 12.1 Å². The van der Waals surface area contributed by atoms with Crippen LogP contribution >= 0.6 is 0 Å². The molecule has 2 N–H and O–H groups in total.